The molecular weight excluding hydrogens is 324 g/mol. The zero-order chi connectivity index (χ0) is 14.8. The number of aryl methyl sites for hydroxylation is 1. The summed E-state index contributed by atoms with van der Waals surface area (Å²) in [6.07, 6.45) is 0. The van der Waals surface area contributed by atoms with E-state index in [2.05, 4.69) is 57.8 Å². The monoisotopic (exact) mass is 336 g/mol. The SMILES string of the molecule is Cc1ccc(-c2ccc(Br)cc2)n1-c1ccc(C#N)cc1. The van der Waals surface area contributed by atoms with Crippen LogP contribution in [0.4, 0.5) is 0 Å². The van der Waals surface area contributed by atoms with Gasteiger partial charge in [0, 0.05) is 15.9 Å². The fraction of sp³-hybridized carbons (Fsp3) is 0.0556. The molecule has 0 saturated carbocycles. The number of hydrogen-bond acceptors (Lipinski definition) is 1. The van der Waals surface area contributed by atoms with E-state index in [1.807, 2.05) is 36.4 Å². The third kappa shape index (κ3) is 2.63. The molecule has 0 spiro atoms. The van der Waals surface area contributed by atoms with Crippen LogP contribution in [0, 0.1) is 18.3 Å². The van der Waals surface area contributed by atoms with Gasteiger partial charge in [0.25, 0.3) is 0 Å². The van der Waals surface area contributed by atoms with Crippen LogP contribution in [0.5, 0.6) is 0 Å². The van der Waals surface area contributed by atoms with Gasteiger partial charge >= 0.3 is 0 Å². The molecule has 2 nitrogen and oxygen atoms in total. The molecule has 0 radical (unpaired) electrons. The Hall–Kier alpha value is -2.31. The van der Waals surface area contributed by atoms with Crippen LogP contribution in [-0.4, -0.2) is 4.57 Å². The fourth-order valence-electron chi connectivity index (χ4n) is 2.41. The second-order valence-electron chi connectivity index (χ2n) is 4.86. The maximum Gasteiger partial charge on any atom is 0.0991 e. The summed E-state index contributed by atoms with van der Waals surface area (Å²) in [5.41, 5.74) is 5.21. The van der Waals surface area contributed by atoms with E-state index in [1.165, 1.54) is 0 Å². The summed E-state index contributed by atoms with van der Waals surface area (Å²) >= 11 is 3.47. The molecule has 2 aromatic carbocycles. The predicted molar refractivity (Wildman–Crippen MR) is 88.4 cm³/mol. The maximum absolute atomic E-state index is 8.91. The van der Waals surface area contributed by atoms with Crippen LogP contribution in [-0.2, 0) is 0 Å². The Kier molecular flexibility index (Phi) is 3.64. The van der Waals surface area contributed by atoms with Gasteiger partial charge in [0.2, 0.25) is 0 Å². The second-order valence-corrected chi connectivity index (χ2v) is 5.78. The normalized spacial score (nSPS) is 10.3. The van der Waals surface area contributed by atoms with E-state index in [1.54, 1.807) is 0 Å². The summed E-state index contributed by atoms with van der Waals surface area (Å²) < 4.78 is 3.27. The van der Waals surface area contributed by atoms with Crippen LogP contribution in [0.1, 0.15) is 11.3 Å². The van der Waals surface area contributed by atoms with Crippen molar-refractivity contribution in [3.05, 3.63) is 76.4 Å². The number of aromatic nitrogens is 1. The number of nitrogens with zero attached hydrogens (tertiary/aromatic N) is 2. The number of halogens is 1. The third-order valence-corrected chi connectivity index (χ3v) is 4.00. The minimum absolute atomic E-state index is 0.675. The van der Waals surface area contributed by atoms with Gasteiger partial charge in [-0.3, -0.25) is 0 Å². The summed E-state index contributed by atoms with van der Waals surface area (Å²) in [4.78, 5) is 0. The smallest absolute Gasteiger partial charge is 0.0991 e. The van der Waals surface area contributed by atoms with Gasteiger partial charge in [0.15, 0.2) is 0 Å². The van der Waals surface area contributed by atoms with Gasteiger partial charge in [-0.1, -0.05) is 28.1 Å². The van der Waals surface area contributed by atoms with Gasteiger partial charge in [-0.2, -0.15) is 5.26 Å². The Balaban J connectivity index is 2.12. The number of hydrogen-bond donors (Lipinski definition) is 0. The van der Waals surface area contributed by atoms with Gasteiger partial charge in [0.1, 0.15) is 0 Å². The van der Waals surface area contributed by atoms with Crippen molar-refractivity contribution in [1.82, 2.24) is 4.57 Å². The Labute approximate surface area is 132 Å². The van der Waals surface area contributed by atoms with Gasteiger partial charge in [-0.05, 0) is 61.0 Å². The van der Waals surface area contributed by atoms with Crippen molar-refractivity contribution in [2.45, 2.75) is 6.92 Å². The molecule has 0 fully saturated rings. The molecule has 3 rings (SSSR count). The molecule has 1 heterocycles. The molecule has 0 saturated heterocycles. The molecule has 0 unspecified atom stereocenters. The number of benzene rings is 2. The van der Waals surface area contributed by atoms with E-state index in [0.29, 0.717) is 5.56 Å². The highest BCUT2D eigenvalue weighted by Crippen LogP contribution is 2.27. The van der Waals surface area contributed by atoms with E-state index < -0.39 is 0 Å². The molecule has 102 valence electrons. The van der Waals surface area contributed by atoms with Crippen molar-refractivity contribution in [2.75, 3.05) is 0 Å². The average Bonchev–Trinajstić information content (AvgIpc) is 2.90. The highest BCUT2D eigenvalue weighted by atomic mass is 79.9. The lowest BCUT2D eigenvalue weighted by atomic mass is 10.1. The molecule has 3 aromatic rings. The minimum atomic E-state index is 0.675. The first-order chi connectivity index (χ1) is 10.2. The molecule has 1 aromatic heterocycles. The zero-order valence-electron chi connectivity index (χ0n) is 11.5. The standard InChI is InChI=1S/C18H13BrN2/c1-13-2-11-18(15-5-7-16(19)8-6-15)21(13)17-9-3-14(12-20)4-10-17/h2-11H,1H3. The average molecular weight is 337 g/mol. The van der Waals surface area contributed by atoms with Gasteiger partial charge in [-0.15, -0.1) is 0 Å². The van der Waals surface area contributed by atoms with Crippen molar-refractivity contribution in [1.29, 1.82) is 5.26 Å². The van der Waals surface area contributed by atoms with Crippen molar-refractivity contribution in [3.8, 4) is 23.0 Å². The summed E-state index contributed by atoms with van der Waals surface area (Å²) in [6.45, 7) is 2.08. The van der Waals surface area contributed by atoms with Crippen molar-refractivity contribution in [2.24, 2.45) is 0 Å². The van der Waals surface area contributed by atoms with Crippen LogP contribution in [0.3, 0.4) is 0 Å². The molecule has 0 aliphatic heterocycles. The Bertz CT molecular complexity index is 806. The molecule has 0 aliphatic carbocycles. The van der Waals surface area contributed by atoms with Crippen molar-refractivity contribution < 1.29 is 0 Å². The van der Waals surface area contributed by atoms with Crippen molar-refractivity contribution >= 4 is 15.9 Å². The topological polar surface area (TPSA) is 28.7 Å². The van der Waals surface area contributed by atoms with Gasteiger partial charge in [0.05, 0.1) is 17.3 Å². The van der Waals surface area contributed by atoms with E-state index in [0.717, 1.165) is 27.1 Å². The zero-order valence-corrected chi connectivity index (χ0v) is 13.1. The lowest BCUT2D eigenvalue weighted by Crippen LogP contribution is -1.98. The second kappa shape index (κ2) is 5.59. The van der Waals surface area contributed by atoms with E-state index in [9.17, 15) is 0 Å². The molecule has 3 heteroatoms. The van der Waals surface area contributed by atoms with E-state index >= 15 is 0 Å². The Morgan fingerprint density at radius 1 is 0.905 bits per heavy atom. The van der Waals surface area contributed by atoms with Gasteiger partial charge in [-0.25, -0.2) is 0 Å². The first-order valence-corrected chi connectivity index (χ1v) is 7.43. The van der Waals surface area contributed by atoms with Gasteiger partial charge < -0.3 is 4.57 Å². The maximum atomic E-state index is 8.91. The lowest BCUT2D eigenvalue weighted by molar-refractivity contribution is 1.02. The third-order valence-electron chi connectivity index (χ3n) is 3.47. The van der Waals surface area contributed by atoms with E-state index in [4.69, 9.17) is 5.26 Å². The Morgan fingerprint density at radius 3 is 2.19 bits per heavy atom. The minimum Gasteiger partial charge on any atom is -0.314 e. The lowest BCUT2D eigenvalue weighted by Gasteiger charge is -2.12. The van der Waals surface area contributed by atoms with Crippen LogP contribution in [0.2, 0.25) is 0 Å². The van der Waals surface area contributed by atoms with Crippen molar-refractivity contribution in [3.63, 3.8) is 0 Å². The quantitative estimate of drug-likeness (QED) is 0.640. The fourth-order valence-corrected chi connectivity index (χ4v) is 2.68. The summed E-state index contributed by atoms with van der Waals surface area (Å²) in [7, 11) is 0. The van der Waals surface area contributed by atoms with Crippen LogP contribution < -0.4 is 0 Å². The highest BCUT2D eigenvalue weighted by Gasteiger charge is 2.09. The van der Waals surface area contributed by atoms with Crippen LogP contribution >= 0.6 is 15.9 Å². The molecule has 0 N–H and O–H groups in total. The molecule has 0 bridgehead atoms. The van der Waals surface area contributed by atoms with Crippen LogP contribution in [0.25, 0.3) is 16.9 Å². The molecule has 0 atom stereocenters. The molecular formula is C18H13BrN2. The summed E-state index contributed by atoms with van der Waals surface area (Å²) in [5, 5.41) is 8.91. The first kappa shape index (κ1) is 13.7. The largest absolute Gasteiger partial charge is 0.314 e. The van der Waals surface area contributed by atoms with E-state index in [-0.39, 0.29) is 0 Å². The highest BCUT2D eigenvalue weighted by molar-refractivity contribution is 9.10. The first-order valence-electron chi connectivity index (χ1n) is 6.64. The molecule has 0 aliphatic rings. The predicted octanol–water partition coefficient (Wildman–Crippen LogP) is 5.09. The molecule has 0 amide bonds. The number of rotatable bonds is 2. The summed E-state index contributed by atoms with van der Waals surface area (Å²) in [6, 6.07) is 22.3. The van der Waals surface area contributed by atoms with Crippen LogP contribution in [0.15, 0.2) is 65.1 Å². The Morgan fingerprint density at radius 2 is 1.57 bits per heavy atom. The molecule has 21 heavy (non-hydrogen) atoms. The summed E-state index contributed by atoms with van der Waals surface area (Å²) in [5.74, 6) is 0. The number of nitriles is 1.